The third-order valence-electron chi connectivity index (χ3n) is 5.10. The summed E-state index contributed by atoms with van der Waals surface area (Å²) in [5.41, 5.74) is -1.88. The zero-order valence-electron chi connectivity index (χ0n) is 19.5. The van der Waals surface area contributed by atoms with E-state index in [9.17, 15) is 28.2 Å². The number of phosphoric ester groups is 1. The highest BCUT2D eigenvalue weighted by atomic mass is 31.2. The Bertz CT molecular complexity index is 1200. The number of halogens is 1. The number of nitrogens with one attached hydrogen (secondary N) is 1. The van der Waals surface area contributed by atoms with E-state index < -0.39 is 55.9 Å². The third kappa shape index (κ3) is 7.66. The Labute approximate surface area is 200 Å². The molecule has 4 atom stereocenters. The van der Waals surface area contributed by atoms with Gasteiger partial charge in [0, 0.05) is 6.42 Å². The van der Waals surface area contributed by atoms with E-state index in [-0.39, 0.29) is 18.6 Å². The first-order valence-electron chi connectivity index (χ1n) is 10.7. The number of H-pyrrole nitrogens is 1. The Morgan fingerprint density at radius 3 is 2.60 bits per heavy atom. The average molecular weight is 516 g/mol. The standard InChI is InChI=1S/C21H27FN3O9P/c1-25(2,3)9-10-31-35(29,30)32-13-17-16(34-20(27)14-7-5-4-6-8-14)11-18(33-17)24-12-15(22)19(26)23-21(24)28/h4-8,12,16-18H,9-11,13H2,1-3H3,(H-,23,26,28,29,30)/p+1/t16-,17+,18+/m0/s1. The van der Waals surface area contributed by atoms with E-state index in [2.05, 4.69) is 0 Å². The van der Waals surface area contributed by atoms with E-state index in [0.717, 1.165) is 4.57 Å². The third-order valence-corrected chi connectivity index (χ3v) is 6.09. The summed E-state index contributed by atoms with van der Waals surface area (Å²) in [7, 11) is 1.17. The second-order valence-corrected chi connectivity index (χ2v) is 10.4. The fourth-order valence-electron chi connectivity index (χ4n) is 3.23. The lowest BCUT2D eigenvalue weighted by molar-refractivity contribution is -0.870. The van der Waals surface area contributed by atoms with Crippen molar-refractivity contribution < 1.29 is 41.6 Å². The van der Waals surface area contributed by atoms with Gasteiger partial charge in [-0.25, -0.2) is 14.2 Å². The second-order valence-electron chi connectivity index (χ2n) is 8.93. The van der Waals surface area contributed by atoms with Crippen LogP contribution in [0.1, 0.15) is 23.0 Å². The molecule has 1 fully saturated rings. The molecule has 0 spiro atoms. The van der Waals surface area contributed by atoms with Gasteiger partial charge in [-0.05, 0) is 12.1 Å². The number of quaternary nitrogens is 1. The molecule has 1 aromatic heterocycles. The molecule has 12 nitrogen and oxygen atoms in total. The molecule has 2 N–H and O–H groups in total. The number of rotatable bonds is 10. The van der Waals surface area contributed by atoms with E-state index in [1.54, 1.807) is 18.2 Å². The van der Waals surface area contributed by atoms with Crippen molar-refractivity contribution in [2.45, 2.75) is 24.9 Å². The molecule has 0 saturated carbocycles. The molecular weight excluding hydrogens is 488 g/mol. The minimum Gasteiger partial charge on any atom is -0.456 e. The number of hydrogen-bond donors (Lipinski definition) is 2. The van der Waals surface area contributed by atoms with Crippen molar-refractivity contribution in [1.82, 2.24) is 9.55 Å². The van der Waals surface area contributed by atoms with Gasteiger partial charge in [0.2, 0.25) is 5.82 Å². The number of aromatic amines is 1. The van der Waals surface area contributed by atoms with Gasteiger partial charge in [-0.1, -0.05) is 18.2 Å². The van der Waals surface area contributed by atoms with E-state index in [4.69, 9.17) is 18.5 Å². The van der Waals surface area contributed by atoms with Crippen molar-refractivity contribution in [3.8, 4) is 0 Å². The number of benzene rings is 1. The minimum atomic E-state index is -4.47. The van der Waals surface area contributed by atoms with Crippen molar-refractivity contribution >= 4 is 13.8 Å². The quantitative estimate of drug-likeness (QED) is 0.269. The molecule has 0 aliphatic carbocycles. The van der Waals surface area contributed by atoms with Crippen molar-refractivity contribution in [1.29, 1.82) is 0 Å². The molecule has 35 heavy (non-hydrogen) atoms. The largest absolute Gasteiger partial charge is 0.472 e. The highest BCUT2D eigenvalue weighted by Crippen LogP contribution is 2.44. The van der Waals surface area contributed by atoms with Gasteiger partial charge in [-0.3, -0.25) is 23.4 Å². The molecule has 1 saturated heterocycles. The predicted molar refractivity (Wildman–Crippen MR) is 120 cm³/mol. The number of ether oxygens (including phenoxy) is 2. The summed E-state index contributed by atoms with van der Waals surface area (Å²) in [6, 6.07) is 8.07. The van der Waals surface area contributed by atoms with Crippen LogP contribution in [0.15, 0.2) is 46.1 Å². The van der Waals surface area contributed by atoms with Crippen LogP contribution in [0, 0.1) is 5.82 Å². The van der Waals surface area contributed by atoms with Crippen LogP contribution < -0.4 is 11.2 Å². The Morgan fingerprint density at radius 2 is 1.94 bits per heavy atom. The highest BCUT2D eigenvalue weighted by molar-refractivity contribution is 7.47. The molecule has 1 unspecified atom stereocenters. The highest BCUT2D eigenvalue weighted by Gasteiger charge is 2.41. The predicted octanol–water partition coefficient (Wildman–Crippen LogP) is 1.03. The first kappa shape index (κ1) is 26.9. The molecule has 2 aromatic rings. The normalized spacial score (nSPS) is 22.0. The van der Waals surface area contributed by atoms with Gasteiger partial charge < -0.3 is 18.9 Å². The fourth-order valence-corrected chi connectivity index (χ4v) is 3.96. The number of likely N-dealkylation sites (N-methyl/N-ethyl adjacent to an activating group) is 1. The average Bonchev–Trinajstić information content (AvgIpc) is 3.16. The molecule has 1 aliphatic heterocycles. The SMILES string of the molecule is C[N+](C)(C)CCOP(=O)(O)OC[C@H]1O[C@@H](n2cc(F)c(=O)[nH]c2=O)C[C@@H]1OC(=O)c1ccccc1. The fraction of sp³-hybridized carbons (Fsp3) is 0.476. The van der Waals surface area contributed by atoms with Crippen molar-refractivity contribution in [2.24, 2.45) is 0 Å². The molecule has 0 bridgehead atoms. The van der Waals surface area contributed by atoms with Gasteiger partial charge in [0.1, 0.15) is 31.6 Å². The van der Waals surface area contributed by atoms with Crippen LogP contribution in [0.5, 0.6) is 0 Å². The topological polar surface area (TPSA) is 146 Å². The second kappa shape index (κ2) is 10.9. The van der Waals surface area contributed by atoms with E-state index in [0.29, 0.717) is 17.2 Å². The molecule has 3 rings (SSSR count). The number of nitrogens with zero attached hydrogens (tertiary/aromatic N) is 2. The summed E-state index contributed by atoms with van der Waals surface area (Å²) in [5, 5.41) is 0. The van der Waals surface area contributed by atoms with Gasteiger partial charge in [0.25, 0.3) is 5.56 Å². The van der Waals surface area contributed by atoms with Crippen LogP contribution in [0.3, 0.4) is 0 Å². The lowest BCUT2D eigenvalue weighted by atomic mass is 10.1. The van der Waals surface area contributed by atoms with Crippen molar-refractivity contribution in [2.75, 3.05) is 40.9 Å². The summed E-state index contributed by atoms with van der Waals surface area (Å²) in [5.74, 6) is -1.91. The summed E-state index contributed by atoms with van der Waals surface area (Å²) >= 11 is 0. The zero-order valence-corrected chi connectivity index (χ0v) is 20.4. The lowest BCUT2D eigenvalue weighted by Crippen LogP contribution is -2.37. The molecule has 0 radical (unpaired) electrons. The van der Waals surface area contributed by atoms with Crippen molar-refractivity contribution in [3.05, 3.63) is 68.7 Å². The Balaban J connectivity index is 1.74. The van der Waals surface area contributed by atoms with Gasteiger partial charge in [0.15, 0.2) is 0 Å². The number of carbonyl (C=O) groups is 1. The Kier molecular flexibility index (Phi) is 8.42. The van der Waals surface area contributed by atoms with Crippen LogP contribution >= 0.6 is 7.82 Å². The molecule has 0 amide bonds. The number of carbonyl (C=O) groups excluding carboxylic acids is 1. The summed E-state index contributed by atoms with van der Waals surface area (Å²) in [6.07, 6.45) is -2.71. The van der Waals surface area contributed by atoms with Gasteiger partial charge >= 0.3 is 19.5 Å². The molecule has 1 aromatic carbocycles. The maximum absolute atomic E-state index is 13.8. The molecule has 1 aliphatic rings. The van der Waals surface area contributed by atoms with Gasteiger partial charge in [-0.15, -0.1) is 0 Å². The number of hydrogen-bond acceptors (Lipinski definition) is 8. The zero-order chi connectivity index (χ0) is 25.8. The van der Waals surface area contributed by atoms with E-state index >= 15 is 0 Å². The first-order valence-corrected chi connectivity index (χ1v) is 12.2. The Hall–Kier alpha value is -2.67. The van der Waals surface area contributed by atoms with E-state index in [1.165, 1.54) is 12.1 Å². The molecule has 192 valence electrons. The van der Waals surface area contributed by atoms with Crippen LogP contribution in [0.25, 0.3) is 0 Å². The summed E-state index contributed by atoms with van der Waals surface area (Å²) < 4.78 is 48.6. The lowest BCUT2D eigenvalue weighted by Gasteiger charge is -2.24. The smallest absolute Gasteiger partial charge is 0.456 e. The first-order chi connectivity index (χ1) is 16.3. The minimum absolute atomic E-state index is 0.0517. The maximum Gasteiger partial charge on any atom is 0.472 e. The molecule has 2 heterocycles. The Morgan fingerprint density at radius 1 is 1.26 bits per heavy atom. The van der Waals surface area contributed by atoms with Crippen LogP contribution in [-0.2, 0) is 23.1 Å². The van der Waals surface area contributed by atoms with Crippen molar-refractivity contribution in [3.63, 3.8) is 0 Å². The summed E-state index contributed by atoms with van der Waals surface area (Å²) in [6.45, 7) is -0.139. The van der Waals surface area contributed by atoms with E-state index in [1.807, 2.05) is 26.1 Å². The monoisotopic (exact) mass is 516 g/mol. The maximum atomic E-state index is 13.8. The van der Waals surface area contributed by atoms with Gasteiger partial charge in [0.05, 0.1) is 39.5 Å². The molecule has 14 heteroatoms. The van der Waals surface area contributed by atoms with Crippen LogP contribution in [0.2, 0.25) is 0 Å². The summed E-state index contributed by atoms with van der Waals surface area (Å²) in [4.78, 5) is 47.9. The number of aromatic nitrogens is 2. The number of esters is 1. The number of phosphoric acid groups is 1. The van der Waals surface area contributed by atoms with Crippen LogP contribution in [0.4, 0.5) is 4.39 Å². The van der Waals surface area contributed by atoms with Gasteiger partial charge in [-0.2, -0.15) is 4.39 Å². The van der Waals surface area contributed by atoms with Crippen LogP contribution in [-0.4, -0.2) is 78.0 Å². The molecular formula is C21H28FN3O9P+.